The van der Waals surface area contributed by atoms with Gasteiger partial charge in [0, 0.05) is 55.7 Å². The number of nitriles is 1. The van der Waals surface area contributed by atoms with Gasteiger partial charge in [0.1, 0.15) is 13.3 Å². The average Bonchev–Trinajstić information content (AvgIpc) is 3.75. The van der Waals surface area contributed by atoms with E-state index in [1.165, 1.54) is 11.6 Å². The van der Waals surface area contributed by atoms with Gasteiger partial charge in [0.25, 0.3) is 11.8 Å². The van der Waals surface area contributed by atoms with E-state index < -0.39 is 17.8 Å². The molecule has 0 radical (unpaired) electrons. The summed E-state index contributed by atoms with van der Waals surface area (Å²) < 4.78 is 42.9. The first-order valence-corrected chi connectivity index (χ1v) is 14.7. The molecule has 3 aromatic rings. The number of nitrogens with one attached hydrogen (secondary N) is 3. The first-order chi connectivity index (χ1) is 22.4. The van der Waals surface area contributed by atoms with Crippen molar-refractivity contribution >= 4 is 30.3 Å². The van der Waals surface area contributed by atoms with Crippen LogP contribution in [-0.4, -0.2) is 80.1 Å². The number of anilines is 1. The molecule has 1 atom stereocenters. The van der Waals surface area contributed by atoms with E-state index >= 15 is 0 Å². The number of amides is 4. The number of hydrogen-bond acceptors (Lipinski definition) is 8. The van der Waals surface area contributed by atoms with Crippen molar-refractivity contribution in [3.05, 3.63) is 53.2 Å². The van der Waals surface area contributed by atoms with E-state index in [0.29, 0.717) is 42.7 Å². The van der Waals surface area contributed by atoms with Crippen LogP contribution in [0, 0.1) is 18.3 Å². The molecule has 1 aliphatic heterocycles. The Morgan fingerprint density at radius 2 is 1.85 bits per heavy atom. The maximum absolute atomic E-state index is 13.6. The second-order valence-corrected chi connectivity index (χ2v) is 11.3. The zero-order valence-electron chi connectivity index (χ0n) is 25.8. The Balaban J connectivity index is 0.00000245. The fourth-order valence-electron chi connectivity index (χ4n) is 5.75. The van der Waals surface area contributed by atoms with Gasteiger partial charge >= 0.3 is 12.2 Å². The minimum Gasteiger partial charge on any atom is -0.349 e. The van der Waals surface area contributed by atoms with E-state index in [1.807, 2.05) is 6.79 Å². The maximum atomic E-state index is 13.6. The lowest BCUT2D eigenvalue weighted by Gasteiger charge is -2.38. The summed E-state index contributed by atoms with van der Waals surface area (Å²) in [4.78, 5) is 52.3. The molecule has 250 valence electrons. The normalized spacial score (nSPS) is 18.7. The van der Waals surface area contributed by atoms with Gasteiger partial charge in [0.15, 0.2) is 11.5 Å². The zero-order chi connectivity index (χ0) is 34.5. The van der Waals surface area contributed by atoms with Crippen molar-refractivity contribution in [3.8, 4) is 17.3 Å². The number of imidazole rings is 1. The third kappa shape index (κ3) is 7.60. The van der Waals surface area contributed by atoms with Crippen molar-refractivity contribution in [1.82, 2.24) is 34.9 Å². The number of nitrogens with two attached hydrogens (primary N) is 1. The molecule has 17 heteroatoms. The Labute approximate surface area is 268 Å². The van der Waals surface area contributed by atoms with Crippen molar-refractivity contribution < 1.29 is 32.3 Å². The summed E-state index contributed by atoms with van der Waals surface area (Å²) in [6, 6.07) is 6.30. The molecule has 1 saturated heterocycles. The van der Waals surface area contributed by atoms with Crippen molar-refractivity contribution in [3.63, 3.8) is 0 Å². The van der Waals surface area contributed by atoms with Gasteiger partial charge in [-0.05, 0) is 56.4 Å². The van der Waals surface area contributed by atoms with Crippen molar-refractivity contribution in [2.45, 2.75) is 63.5 Å². The quantitative estimate of drug-likeness (QED) is 0.284. The van der Waals surface area contributed by atoms with Gasteiger partial charge in [-0.1, -0.05) is 0 Å². The monoisotopic (exact) mass is 656 g/mol. The zero-order valence-corrected chi connectivity index (χ0v) is 25.8. The van der Waals surface area contributed by atoms with Gasteiger partial charge in [-0.15, -0.1) is 0 Å². The van der Waals surface area contributed by atoms with Gasteiger partial charge < -0.3 is 35.9 Å². The van der Waals surface area contributed by atoms with Crippen LogP contribution in [-0.2, 0) is 24.6 Å². The molecule has 14 nitrogen and oxygen atoms in total. The Morgan fingerprint density at radius 1 is 1.15 bits per heavy atom. The fourth-order valence-corrected chi connectivity index (χ4v) is 5.75. The van der Waals surface area contributed by atoms with Crippen molar-refractivity contribution in [2.24, 2.45) is 12.8 Å². The molecule has 1 aliphatic carbocycles. The second-order valence-electron chi connectivity index (χ2n) is 11.3. The number of benzene rings is 1. The molecule has 1 unspecified atom stereocenters. The van der Waals surface area contributed by atoms with Gasteiger partial charge in [-0.2, -0.15) is 23.5 Å². The highest BCUT2D eigenvalue weighted by Crippen LogP contribution is 2.36. The number of hydrogen-bond donors (Lipinski definition) is 4. The Bertz CT molecular complexity index is 1670. The molecule has 5 N–H and O–H groups in total. The van der Waals surface area contributed by atoms with Crippen LogP contribution in [0.5, 0.6) is 0 Å². The van der Waals surface area contributed by atoms with Crippen LogP contribution in [0.4, 0.5) is 23.7 Å². The van der Waals surface area contributed by atoms with Crippen LogP contribution >= 0.6 is 0 Å². The van der Waals surface area contributed by atoms with E-state index in [9.17, 15) is 27.6 Å². The summed E-state index contributed by atoms with van der Waals surface area (Å²) in [5.74, 6) is -1.11. The lowest BCUT2D eigenvalue weighted by molar-refractivity contribution is -0.141. The van der Waals surface area contributed by atoms with Crippen LogP contribution in [0.25, 0.3) is 11.3 Å². The van der Waals surface area contributed by atoms with Crippen LogP contribution in [0.15, 0.2) is 30.6 Å². The Morgan fingerprint density at radius 3 is 2.49 bits per heavy atom. The lowest BCUT2D eigenvalue weighted by Crippen LogP contribution is -2.57. The molecule has 2 fully saturated rings. The molecular formula is C30H35F3N10O4. The average molecular weight is 657 g/mol. The molecule has 5 rings (SSSR count). The molecular weight excluding hydrogens is 621 g/mol. The molecule has 1 aromatic carbocycles. The summed E-state index contributed by atoms with van der Waals surface area (Å²) >= 11 is 0. The third-order valence-electron chi connectivity index (χ3n) is 8.17. The molecule has 1 saturated carbocycles. The van der Waals surface area contributed by atoms with Crippen LogP contribution in [0.3, 0.4) is 0 Å². The topological polar surface area (TPSA) is 193 Å². The molecule has 0 bridgehead atoms. The third-order valence-corrected chi connectivity index (χ3v) is 8.17. The summed E-state index contributed by atoms with van der Waals surface area (Å²) in [6.45, 7) is 4.47. The van der Waals surface area contributed by atoms with Crippen LogP contribution in [0.1, 0.15) is 57.9 Å². The number of likely N-dealkylation sites (tertiary alicyclic amines) is 1. The van der Waals surface area contributed by atoms with Gasteiger partial charge in [-0.3, -0.25) is 14.3 Å². The van der Waals surface area contributed by atoms with E-state index in [0.717, 1.165) is 29.9 Å². The number of aromatic nitrogens is 4. The number of urea groups is 1. The first kappa shape index (κ1) is 34.6. The largest absolute Gasteiger partial charge is 0.435 e. The Hall–Kier alpha value is -5.24. The molecule has 47 heavy (non-hydrogen) atoms. The van der Waals surface area contributed by atoms with Gasteiger partial charge in [0.2, 0.25) is 0 Å². The number of carbonyl (C=O) groups excluding carboxylic acids is 4. The standard InChI is InChI=1S/C29H33F3N10O3.CH2O/c1-16-10-17(5-6-21(16)26(43)37-18-11-19(12-18)38-28(45)42-8-3-4-20(42)13-34)36-27(44)25-35-14-23(40(25)2)22-15-41(9-7-33)39-24(22)29(30,31)32;1-2/h5-6,10,14-15,18-20H,3-4,8-9,11-13,34H2,1-2H3,(H,36,44)(H,37,43)(H,38,45);1H2. The molecule has 0 spiro atoms. The second kappa shape index (κ2) is 14.5. The highest BCUT2D eigenvalue weighted by Gasteiger charge is 2.39. The lowest BCUT2D eigenvalue weighted by atomic mass is 9.86. The first-order valence-electron chi connectivity index (χ1n) is 14.7. The van der Waals surface area contributed by atoms with Crippen molar-refractivity contribution in [2.75, 3.05) is 18.4 Å². The van der Waals surface area contributed by atoms with Gasteiger partial charge in [0.05, 0.1) is 23.5 Å². The van der Waals surface area contributed by atoms with E-state index in [1.54, 1.807) is 36.1 Å². The van der Waals surface area contributed by atoms with E-state index in [-0.39, 0.29) is 53.7 Å². The molecule has 3 heterocycles. The predicted octanol–water partition coefficient (Wildman–Crippen LogP) is 2.60. The molecule has 2 aromatic heterocycles. The number of nitrogens with zero attached hydrogens (tertiary/aromatic N) is 6. The number of carbonyl (C=O) groups is 4. The fraction of sp³-hybridized carbons (Fsp3) is 0.433. The number of aryl methyl sites for hydroxylation is 1. The summed E-state index contributed by atoms with van der Waals surface area (Å²) in [5.41, 5.74) is 5.62. The molecule has 4 amide bonds. The van der Waals surface area contributed by atoms with Crippen LogP contribution in [0.2, 0.25) is 0 Å². The summed E-state index contributed by atoms with van der Waals surface area (Å²) in [7, 11) is 1.40. The predicted molar refractivity (Wildman–Crippen MR) is 163 cm³/mol. The molecule has 2 aliphatic rings. The van der Waals surface area contributed by atoms with E-state index in [4.69, 9.17) is 15.8 Å². The van der Waals surface area contributed by atoms with Gasteiger partial charge in [-0.25, -0.2) is 9.78 Å². The maximum Gasteiger partial charge on any atom is 0.435 e. The summed E-state index contributed by atoms with van der Waals surface area (Å²) in [5, 5.41) is 21.0. The smallest absolute Gasteiger partial charge is 0.349 e. The van der Waals surface area contributed by atoms with Crippen molar-refractivity contribution in [1.29, 1.82) is 5.26 Å². The van der Waals surface area contributed by atoms with E-state index in [2.05, 4.69) is 26.0 Å². The summed E-state index contributed by atoms with van der Waals surface area (Å²) in [6.07, 6.45) is 0.506. The highest BCUT2D eigenvalue weighted by molar-refractivity contribution is 6.03. The number of halogens is 3. The van der Waals surface area contributed by atoms with Crippen LogP contribution < -0.4 is 21.7 Å². The highest BCUT2D eigenvalue weighted by atomic mass is 19.4. The SMILES string of the molecule is C=O.Cc1cc(NC(=O)c2ncc(-c3cn(CC#N)nc3C(F)(F)F)n2C)ccc1C(=O)NC1CC(NC(=O)N2CCCC2CN)C1. The minimum atomic E-state index is -4.79. The number of alkyl halides is 3. The minimum absolute atomic E-state index is 0.00605. The number of rotatable bonds is 8. The Kier molecular flexibility index (Phi) is 10.7.